The maximum atomic E-state index is 14.0. The Morgan fingerprint density at radius 2 is 2.00 bits per heavy atom. The first-order valence-electron chi connectivity index (χ1n) is 11.8. The fourth-order valence-corrected chi connectivity index (χ4v) is 8.11. The van der Waals surface area contributed by atoms with E-state index in [1.807, 2.05) is 66.1 Å². The van der Waals surface area contributed by atoms with Gasteiger partial charge in [0.2, 0.25) is 0 Å². The lowest BCUT2D eigenvalue weighted by Gasteiger charge is -2.24. The maximum absolute atomic E-state index is 14.0. The second-order valence-electron chi connectivity index (χ2n) is 8.25. The molecule has 2 aromatic heterocycles. The van der Waals surface area contributed by atoms with Gasteiger partial charge < -0.3 is 9.47 Å². The normalized spacial score (nSPS) is 14.9. The molecule has 10 heteroatoms. The molecule has 0 aliphatic carbocycles. The molecule has 1 aliphatic heterocycles. The van der Waals surface area contributed by atoms with E-state index in [-0.39, 0.29) is 18.8 Å². The highest BCUT2D eigenvalue weighted by molar-refractivity contribution is 14.1. The number of fused-ring (bicyclic) bond motifs is 1. The SMILES string of the molecule is C#CCOc1c(I)cc(I)cc1/C=c1\sc2n(c1=O)[C@@H](c1cccs1)C(C(=O)OCC)=C(c1ccccc1)N=2. The lowest BCUT2D eigenvalue weighted by Crippen LogP contribution is -2.39. The molecule has 0 amide bonds. The highest BCUT2D eigenvalue weighted by atomic mass is 127. The third-order valence-corrected chi connectivity index (χ3v) is 9.14. The van der Waals surface area contributed by atoms with E-state index in [4.69, 9.17) is 20.9 Å². The zero-order valence-electron chi connectivity index (χ0n) is 20.5. The lowest BCUT2D eigenvalue weighted by atomic mass is 9.97. The third kappa shape index (κ3) is 5.63. The third-order valence-electron chi connectivity index (χ3n) is 5.81. The fraction of sp³-hybridized carbons (Fsp3) is 0.138. The molecule has 0 saturated carbocycles. The molecule has 3 heterocycles. The van der Waals surface area contributed by atoms with Gasteiger partial charge >= 0.3 is 5.97 Å². The van der Waals surface area contributed by atoms with E-state index in [1.54, 1.807) is 11.5 Å². The van der Waals surface area contributed by atoms with E-state index >= 15 is 0 Å². The van der Waals surface area contributed by atoms with Crippen LogP contribution in [0.25, 0.3) is 11.8 Å². The fourth-order valence-electron chi connectivity index (χ4n) is 4.25. The molecule has 5 rings (SSSR count). The van der Waals surface area contributed by atoms with Crippen molar-refractivity contribution in [3.8, 4) is 18.1 Å². The van der Waals surface area contributed by atoms with Crippen molar-refractivity contribution < 1.29 is 14.3 Å². The van der Waals surface area contributed by atoms with Crippen LogP contribution < -0.4 is 19.6 Å². The molecule has 39 heavy (non-hydrogen) atoms. The number of benzene rings is 2. The molecule has 0 N–H and O–H groups in total. The van der Waals surface area contributed by atoms with Gasteiger partial charge in [-0.1, -0.05) is 53.7 Å². The highest BCUT2D eigenvalue weighted by Gasteiger charge is 2.35. The van der Waals surface area contributed by atoms with Crippen molar-refractivity contribution >= 4 is 85.6 Å². The van der Waals surface area contributed by atoms with Crippen LogP contribution >= 0.6 is 67.9 Å². The quantitative estimate of drug-likeness (QED) is 0.147. The van der Waals surface area contributed by atoms with Gasteiger partial charge in [-0.05, 0) is 81.8 Å². The van der Waals surface area contributed by atoms with E-state index in [9.17, 15) is 9.59 Å². The maximum Gasteiger partial charge on any atom is 0.338 e. The molecule has 1 atom stereocenters. The Hall–Kier alpha value is -2.73. The Morgan fingerprint density at radius 3 is 2.69 bits per heavy atom. The van der Waals surface area contributed by atoms with Crippen LogP contribution in [-0.2, 0) is 9.53 Å². The topological polar surface area (TPSA) is 69.9 Å². The van der Waals surface area contributed by atoms with Crippen molar-refractivity contribution in [1.29, 1.82) is 0 Å². The molecule has 6 nitrogen and oxygen atoms in total. The molecule has 0 spiro atoms. The number of terminal acetylenes is 1. The minimum atomic E-state index is -0.675. The number of thiazole rings is 1. The summed E-state index contributed by atoms with van der Waals surface area (Å²) in [5.41, 5.74) is 2.11. The lowest BCUT2D eigenvalue weighted by molar-refractivity contribution is -0.138. The van der Waals surface area contributed by atoms with Gasteiger partial charge in [-0.2, -0.15) is 0 Å². The van der Waals surface area contributed by atoms with Crippen LogP contribution in [0.2, 0.25) is 0 Å². The molecular formula is C29H20I2N2O4S2. The molecule has 0 saturated heterocycles. The summed E-state index contributed by atoms with van der Waals surface area (Å²) >= 11 is 7.19. The number of rotatable bonds is 7. The molecular weight excluding hydrogens is 758 g/mol. The van der Waals surface area contributed by atoms with E-state index < -0.39 is 12.0 Å². The van der Waals surface area contributed by atoms with Gasteiger partial charge in [0.25, 0.3) is 5.56 Å². The Morgan fingerprint density at radius 1 is 1.21 bits per heavy atom. The smallest absolute Gasteiger partial charge is 0.338 e. The van der Waals surface area contributed by atoms with Crippen LogP contribution in [0.3, 0.4) is 0 Å². The van der Waals surface area contributed by atoms with Gasteiger partial charge in [0.15, 0.2) is 4.80 Å². The Balaban J connectivity index is 1.80. The van der Waals surface area contributed by atoms with Crippen molar-refractivity contribution in [1.82, 2.24) is 4.57 Å². The number of carbonyl (C=O) groups is 1. The number of halogens is 2. The van der Waals surface area contributed by atoms with Crippen LogP contribution in [0.5, 0.6) is 5.75 Å². The second-order valence-corrected chi connectivity index (χ2v) is 12.6. The van der Waals surface area contributed by atoms with Gasteiger partial charge in [-0.3, -0.25) is 9.36 Å². The first-order valence-corrected chi connectivity index (χ1v) is 15.7. The van der Waals surface area contributed by atoms with Crippen molar-refractivity contribution in [2.24, 2.45) is 4.99 Å². The standard InChI is InChI=1S/C29H20I2N2O4S2/c1-3-12-37-26-18(14-19(30)16-20(26)31)15-22-27(34)33-25(21-11-8-13-38-21)23(28(35)36-4-2)24(32-29(33)39-22)17-9-6-5-7-10-17/h1,5-11,13-16,25H,4,12H2,2H3/b22-15-/t25-/m0/s1. The minimum absolute atomic E-state index is 0.112. The molecule has 2 aromatic carbocycles. The molecule has 1 aliphatic rings. The number of nitrogens with zero attached hydrogens (tertiary/aromatic N) is 2. The van der Waals surface area contributed by atoms with Gasteiger partial charge in [-0.25, -0.2) is 9.79 Å². The molecule has 4 aromatic rings. The second kappa shape index (κ2) is 12.2. The number of ether oxygens (including phenoxy) is 2. The van der Waals surface area contributed by atoms with Gasteiger partial charge in [0.1, 0.15) is 18.4 Å². The van der Waals surface area contributed by atoms with E-state index in [0.717, 1.165) is 23.1 Å². The molecule has 0 fully saturated rings. The average molecular weight is 778 g/mol. The van der Waals surface area contributed by atoms with Crippen LogP contribution in [0.15, 0.2) is 75.3 Å². The molecule has 0 unspecified atom stereocenters. The van der Waals surface area contributed by atoms with E-state index in [2.05, 4.69) is 51.1 Å². The van der Waals surface area contributed by atoms with Crippen LogP contribution in [-0.4, -0.2) is 23.8 Å². The van der Waals surface area contributed by atoms with E-state index in [0.29, 0.717) is 26.4 Å². The monoisotopic (exact) mass is 778 g/mol. The Kier molecular flexibility index (Phi) is 8.70. The zero-order valence-corrected chi connectivity index (χ0v) is 26.5. The van der Waals surface area contributed by atoms with Gasteiger partial charge in [0, 0.05) is 19.6 Å². The van der Waals surface area contributed by atoms with E-state index in [1.165, 1.54) is 22.7 Å². The number of hydrogen-bond acceptors (Lipinski definition) is 7. The Bertz CT molecular complexity index is 1800. The summed E-state index contributed by atoms with van der Waals surface area (Å²) < 4.78 is 15.3. The summed E-state index contributed by atoms with van der Waals surface area (Å²) in [5, 5.41) is 1.93. The van der Waals surface area contributed by atoms with Crippen molar-refractivity contribution in [3.05, 3.63) is 108 Å². The van der Waals surface area contributed by atoms with Crippen LogP contribution in [0.4, 0.5) is 0 Å². The number of thiophene rings is 1. The number of carbonyl (C=O) groups excluding carboxylic acids is 1. The average Bonchev–Trinajstić information content (AvgIpc) is 3.56. The van der Waals surface area contributed by atoms with Gasteiger partial charge in [-0.15, -0.1) is 17.8 Å². The van der Waals surface area contributed by atoms with Crippen molar-refractivity contribution in [2.45, 2.75) is 13.0 Å². The summed E-state index contributed by atoms with van der Waals surface area (Å²) in [6.45, 7) is 2.08. The number of hydrogen-bond donors (Lipinski definition) is 0. The summed E-state index contributed by atoms with van der Waals surface area (Å²) in [7, 11) is 0. The van der Waals surface area contributed by atoms with Crippen molar-refractivity contribution in [3.63, 3.8) is 0 Å². The molecule has 0 bridgehead atoms. The largest absolute Gasteiger partial charge is 0.479 e. The summed E-state index contributed by atoms with van der Waals surface area (Å²) in [5.74, 6) is 2.62. The molecule has 0 radical (unpaired) electrons. The highest BCUT2D eigenvalue weighted by Crippen LogP contribution is 2.37. The first-order chi connectivity index (χ1) is 18.9. The van der Waals surface area contributed by atoms with Crippen LogP contribution in [0, 0.1) is 19.5 Å². The van der Waals surface area contributed by atoms with Crippen molar-refractivity contribution in [2.75, 3.05) is 13.2 Å². The Labute approximate surface area is 260 Å². The summed E-state index contributed by atoms with van der Waals surface area (Å²) in [6, 6.07) is 16.6. The predicted molar refractivity (Wildman–Crippen MR) is 172 cm³/mol. The van der Waals surface area contributed by atoms with Crippen LogP contribution in [0.1, 0.15) is 29.0 Å². The number of aromatic nitrogens is 1. The van der Waals surface area contributed by atoms with Gasteiger partial charge in [0.05, 0.1) is 26.0 Å². The zero-order chi connectivity index (χ0) is 27.5. The summed E-state index contributed by atoms with van der Waals surface area (Å²) in [4.78, 5) is 33.7. The number of esters is 1. The molecule has 196 valence electrons. The summed E-state index contributed by atoms with van der Waals surface area (Å²) in [6.07, 6.45) is 7.24. The predicted octanol–water partition coefficient (Wildman–Crippen LogP) is 5.22. The minimum Gasteiger partial charge on any atom is -0.479 e. The first kappa shape index (κ1) is 27.8.